The summed E-state index contributed by atoms with van der Waals surface area (Å²) in [7, 11) is 0. The number of aromatic nitrogens is 2. The maximum Gasteiger partial charge on any atom is 0.410 e. The summed E-state index contributed by atoms with van der Waals surface area (Å²) < 4.78 is 5.54. The molecule has 2 atom stereocenters. The molecule has 0 saturated carbocycles. The Labute approximate surface area is 263 Å². The van der Waals surface area contributed by atoms with Gasteiger partial charge in [0.15, 0.2) is 5.82 Å². The molecule has 3 N–H and O–H groups in total. The number of anilines is 3. The largest absolute Gasteiger partial charge is 0.507 e. The van der Waals surface area contributed by atoms with E-state index in [1.165, 1.54) is 11.3 Å². The number of carbonyl (C=O) groups excluding carboxylic acids is 1. The van der Waals surface area contributed by atoms with Gasteiger partial charge in [-0.1, -0.05) is 54.6 Å². The molecule has 1 amide bonds. The van der Waals surface area contributed by atoms with Crippen LogP contribution in [0.15, 0.2) is 84.9 Å². The van der Waals surface area contributed by atoms with Gasteiger partial charge in [0.05, 0.1) is 11.4 Å². The number of aromatic hydroxyl groups is 1. The van der Waals surface area contributed by atoms with E-state index in [0.29, 0.717) is 48.9 Å². The third-order valence-corrected chi connectivity index (χ3v) is 9.25. The summed E-state index contributed by atoms with van der Waals surface area (Å²) in [4.78, 5) is 21.8. The lowest BCUT2D eigenvalue weighted by molar-refractivity contribution is 0.0700. The Morgan fingerprint density at radius 3 is 2.31 bits per heavy atom. The molecule has 45 heavy (non-hydrogen) atoms. The maximum absolute atomic E-state index is 12.6. The number of nitrogens with two attached hydrogens (primary N) is 1. The van der Waals surface area contributed by atoms with Crippen LogP contribution >= 0.6 is 0 Å². The summed E-state index contributed by atoms with van der Waals surface area (Å²) in [6.07, 6.45) is 2.01. The number of amides is 1. The van der Waals surface area contributed by atoms with Crippen LogP contribution in [0.25, 0.3) is 11.3 Å². The third kappa shape index (κ3) is 6.23. The van der Waals surface area contributed by atoms with Gasteiger partial charge in [-0.2, -0.15) is 0 Å². The van der Waals surface area contributed by atoms with Crippen molar-refractivity contribution in [1.29, 1.82) is 0 Å². The molecule has 4 aromatic rings. The Balaban J connectivity index is 0.968. The van der Waals surface area contributed by atoms with Crippen LogP contribution in [0.3, 0.4) is 0 Å². The van der Waals surface area contributed by atoms with Crippen molar-refractivity contribution in [2.45, 2.75) is 38.1 Å². The van der Waals surface area contributed by atoms with Gasteiger partial charge in [0.25, 0.3) is 0 Å². The highest BCUT2D eigenvalue weighted by atomic mass is 16.6. The van der Waals surface area contributed by atoms with Crippen molar-refractivity contribution >= 4 is 23.3 Å². The number of fused-ring (bicyclic) bond motifs is 2. The van der Waals surface area contributed by atoms with Gasteiger partial charge in [0.2, 0.25) is 0 Å². The highest BCUT2D eigenvalue weighted by molar-refractivity contribution is 5.74. The Morgan fingerprint density at radius 1 is 0.844 bits per heavy atom. The molecule has 4 heterocycles. The molecule has 3 aliphatic heterocycles. The summed E-state index contributed by atoms with van der Waals surface area (Å²) in [5.41, 5.74) is 12.0. The van der Waals surface area contributed by atoms with E-state index in [2.05, 4.69) is 49.2 Å². The number of piperazine rings is 2. The van der Waals surface area contributed by atoms with Crippen LogP contribution in [-0.2, 0) is 17.9 Å². The van der Waals surface area contributed by atoms with Crippen molar-refractivity contribution in [3.63, 3.8) is 0 Å². The summed E-state index contributed by atoms with van der Waals surface area (Å²) in [6.45, 7) is 5.81. The first-order valence-electron chi connectivity index (χ1n) is 15.7. The second kappa shape index (κ2) is 12.6. The summed E-state index contributed by atoms with van der Waals surface area (Å²) in [6, 6.07) is 28.6. The van der Waals surface area contributed by atoms with Crippen LogP contribution in [0.4, 0.5) is 22.0 Å². The van der Waals surface area contributed by atoms with Gasteiger partial charge in [-0.05, 0) is 54.3 Å². The fourth-order valence-electron chi connectivity index (χ4n) is 6.96. The maximum atomic E-state index is 12.6. The van der Waals surface area contributed by atoms with Crippen molar-refractivity contribution in [3.8, 4) is 17.0 Å². The van der Waals surface area contributed by atoms with Gasteiger partial charge in [-0.15, -0.1) is 10.2 Å². The highest BCUT2D eigenvalue weighted by Gasteiger charge is 2.40. The molecule has 10 nitrogen and oxygen atoms in total. The molecule has 3 saturated heterocycles. The molecule has 1 aromatic heterocycles. The number of para-hydroxylation sites is 1. The second-order valence-electron chi connectivity index (χ2n) is 12.2. The Kier molecular flexibility index (Phi) is 8.13. The second-order valence-corrected chi connectivity index (χ2v) is 12.2. The zero-order valence-corrected chi connectivity index (χ0v) is 25.3. The van der Waals surface area contributed by atoms with Crippen LogP contribution in [0, 0.1) is 0 Å². The van der Waals surface area contributed by atoms with Gasteiger partial charge in [-0.3, -0.25) is 4.90 Å². The van der Waals surface area contributed by atoms with Crippen molar-refractivity contribution < 1.29 is 14.6 Å². The molecule has 7 rings (SSSR count). The number of hydrogen-bond donors (Lipinski definition) is 2. The Bertz CT molecular complexity index is 1630. The zero-order chi connectivity index (χ0) is 30.8. The van der Waals surface area contributed by atoms with Crippen LogP contribution in [-0.4, -0.2) is 82.5 Å². The number of nitrogen functional groups attached to an aromatic ring is 1. The Morgan fingerprint density at radius 2 is 1.56 bits per heavy atom. The molecule has 232 valence electrons. The number of phenolic OH excluding ortho intramolecular Hbond substituents is 1. The fourth-order valence-corrected chi connectivity index (χ4v) is 6.96. The van der Waals surface area contributed by atoms with Gasteiger partial charge < -0.3 is 30.3 Å². The average molecular weight is 606 g/mol. The van der Waals surface area contributed by atoms with Crippen molar-refractivity contribution in [3.05, 3.63) is 96.1 Å². The van der Waals surface area contributed by atoms with Crippen LogP contribution in [0.1, 0.15) is 24.0 Å². The number of hydrogen-bond acceptors (Lipinski definition) is 9. The predicted octanol–water partition coefficient (Wildman–Crippen LogP) is 4.74. The number of benzene rings is 3. The SMILES string of the molecule is Nc1nnc(-c2ccccc2O)cc1N1CC2CCC(C1)N2c1cccc(CN2CCN(C(=O)OCc3ccccc3)CC2)c1. The van der Waals surface area contributed by atoms with Crippen molar-refractivity contribution in [2.75, 3.05) is 54.8 Å². The monoisotopic (exact) mass is 605 g/mol. The summed E-state index contributed by atoms with van der Waals surface area (Å²) in [5, 5.41) is 18.9. The lowest BCUT2D eigenvalue weighted by Gasteiger charge is -2.43. The third-order valence-electron chi connectivity index (χ3n) is 9.25. The van der Waals surface area contributed by atoms with Crippen molar-refractivity contribution in [2.24, 2.45) is 0 Å². The fraction of sp³-hybridized carbons (Fsp3) is 0.343. The lowest BCUT2D eigenvalue weighted by Crippen LogP contribution is -2.54. The van der Waals surface area contributed by atoms with E-state index in [1.54, 1.807) is 12.1 Å². The molecule has 0 spiro atoms. The molecular weight excluding hydrogens is 566 g/mol. The minimum Gasteiger partial charge on any atom is -0.507 e. The number of ether oxygens (including phenoxy) is 1. The zero-order valence-electron chi connectivity index (χ0n) is 25.3. The number of phenols is 1. The van der Waals surface area contributed by atoms with E-state index in [9.17, 15) is 9.90 Å². The van der Waals surface area contributed by atoms with Gasteiger partial charge in [-0.25, -0.2) is 4.79 Å². The standard InChI is InChI=1S/C35H39N7O3/c36-34-32(20-31(37-38-34)30-11-4-5-12-33(30)43)41-22-28-13-14-29(23-41)42(28)27-10-6-9-26(19-27)21-39-15-17-40(18-16-39)35(44)45-24-25-7-2-1-3-8-25/h1-12,19-20,28-29,43H,13-18,21-24H2,(H2,36,38). The van der Waals surface area contributed by atoms with Crippen molar-refractivity contribution in [1.82, 2.24) is 20.0 Å². The van der Waals surface area contributed by atoms with Crippen LogP contribution in [0.5, 0.6) is 5.75 Å². The number of carbonyl (C=O) groups is 1. The average Bonchev–Trinajstić information content (AvgIpc) is 3.34. The molecule has 2 unspecified atom stereocenters. The first-order chi connectivity index (χ1) is 22.0. The molecule has 3 fully saturated rings. The van der Waals surface area contributed by atoms with E-state index in [0.717, 1.165) is 56.8 Å². The molecule has 2 bridgehead atoms. The normalized spacial score (nSPS) is 20.0. The van der Waals surface area contributed by atoms with Gasteiger partial charge in [0, 0.05) is 69.1 Å². The number of rotatable bonds is 7. The van der Waals surface area contributed by atoms with E-state index >= 15 is 0 Å². The van der Waals surface area contributed by atoms with Gasteiger partial charge in [0.1, 0.15) is 12.4 Å². The first kappa shape index (κ1) is 28.9. The molecular formula is C35H39N7O3. The smallest absolute Gasteiger partial charge is 0.410 e. The van der Waals surface area contributed by atoms with E-state index in [4.69, 9.17) is 10.5 Å². The first-order valence-corrected chi connectivity index (χ1v) is 15.7. The molecule has 3 aliphatic rings. The van der Waals surface area contributed by atoms with E-state index < -0.39 is 0 Å². The van der Waals surface area contributed by atoms with E-state index in [-0.39, 0.29) is 11.8 Å². The summed E-state index contributed by atoms with van der Waals surface area (Å²) in [5.74, 6) is 0.587. The molecule has 10 heteroatoms. The lowest BCUT2D eigenvalue weighted by atomic mass is 10.1. The highest BCUT2D eigenvalue weighted by Crippen LogP contribution is 2.39. The van der Waals surface area contributed by atoms with E-state index in [1.807, 2.05) is 53.4 Å². The minimum atomic E-state index is -0.242. The topological polar surface area (TPSA) is 111 Å². The Hall–Kier alpha value is -4.83. The quantitative estimate of drug-likeness (QED) is 0.309. The molecule has 0 radical (unpaired) electrons. The van der Waals surface area contributed by atoms with Crippen LogP contribution < -0.4 is 15.5 Å². The molecule has 0 aliphatic carbocycles. The molecule has 3 aromatic carbocycles. The summed E-state index contributed by atoms with van der Waals surface area (Å²) >= 11 is 0. The number of nitrogens with zero attached hydrogens (tertiary/aromatic N) is 6. The van der Waals surface area contributed by atoms with Gasteiger partial charge >= 0.3 is 6.09 Å². The predicted molar refractivity (Wildman–Crippen MR) is 175 cm³/mol. The minimum absolute atomic E-state index is 0.176. The van der Waals surface area contributed by atoms with Crippen LogP contribution in [0.2, 0.25) is 0 Å².